The standard InChI is InChI=1S/C14H19FO6/c15-9-3-1-8(2-4-9)5-6-20-14-13(19)12(18)11(17)10(7-16)21-14/h1-4,10-14,16-19H,5-7H2/t10-,11-,12+,13-,14-/m1/s1. The summed E-state index contributed by atoms with van der Waals surface area (Å²) >= 11 is 0. The van der Waals surface area contributed by atoms with Crippen molar-refractivity contribution in [1.29, 1.82) is 0 Å². The van der Waals surface area contributed by atoms with E-state index in [9.17, 15) is 19.7 Å². The number of aliphatic hydroxyl groups excluding tert-OH is 4. The van der Waals surface area contributed by atoms with E-state index in [-0.39, 0.29) is 12.4 Å². The second kappa shape index (κ2) is 7.26. The van der Waals surface area contributed by atoms with Crippen molar-refractivity contribution in [2.75, 3.05) is 13.2 Å². The molecule has 118 valence electrons. The van der Waals surface area contributed by atoms with Crippen LogP contribution < -0.4 is 0 Å². The predicted molar refractivity (Wildman–Crippen MR) is 69.8 cm³/mol. The minimum Gasteiger partial charge on any atom is -0.394 e. The van der Waals surface area contributed by atoms with Gasteiger partial charge in [-0.25, -0.2) is 4.39 Å². The first-order valence-corrected chi connectivity index (χ1v) is 6.69. The molecule has 4 N–H and O–H groups in total. The fourth-order valence-corrected chi connectivity index (χ4v) is 2.15. The van der Waals surface area contributed by atoms with E-state index in [1.54, 1.807) is 12.1 Å². The molecular formula is C14H19FO6. The van der Waals surface area contributed by atoms with Gasteiger partial charge >= 0.3 is 0 Å². The number of benzene rings is 1. The van der Waals surface area contributed by atoms with E-state index in [2.05, 4.69) is 0 Å². The minimum atomic E-state index is -1.45. The second-order valence-electron chi connectivity index (χ2n) is 4.94. The molecule has 1 heterocycles. The van der Waals surface area contributed by atoms with E-state index in [0.29, 0.717) is 6.42 Å². The number of aliphatic hydroxyl groups is 4. The van der Waals surface area contributed by atoms with Crippen LogP contribution in [0.25, 0.3) is 0 Å². The van der Waals surface area contributed by atoms with Gasteiger partial charge in [-0.15, -0.1) is 0 Å². The highest BCUT2D eigenvalue weighted by Gasteiger charge is 2.43. The van der Waals surface area contributed by atoms with Crippen molar-refractivity contribution in [3.63, 3.8) is 0 Å². The number of ether oxygens (including phenoxy) is 2. The summed E-state index contributed by atoms with van der Waals surface area (Å²) in [7, 11) is 0. The van der Waals surface area contributed by atoms with Crippen molar-refractivity contribution < 1.29 is 34.3 Å². The number of rotatable bonds is 5. The summed E-state index contributed by atoms with van der Waals surface area (Å²) in [6.07, 6.45) is -5.92. The Labute approximate surface area is 121 Å². The third kappa shape index (κ3) is 3.97. The van der Waals surface area contributed by atoms with Gasteiger partial charge in [0, 0.05) is 0 Å². The highest BCUT2D eigenvalue weighted by molar-refractivity contribution is 5.16. The lowest BCUT2D eigenvalue weighted by atomic mass is 9.99. The molecule has 6 nitrogen and oxygen atoms in total. The van der Waals surface area contributed by atoms with Gasteiger partial charge in [0.25, 0.3) is 0 Å². The Morgan fingerprint density at radius 1 is 1.05 bits per heavy atom. The molecule has 0 unspecified atom stereocenters. The lowest BCUT2D eigenvalue weighted by Gasteiger charge is -2.39. The van der Waals surface area contributed by atoms with Crippen molar-refractivity contribution in [3.05, 3.63) is 35.6 Å². The van der Waals surface area contributed by atoms with Crippen molar-refractivity contribution >= 4 is 0 Å². The monoisotopic (exact) mass is 302 g/mol. The van der Waals surface area contributed by atoms with Gasteiger partial charge in [0.15, 0.2) is 6.29 Å². The van der Waals surface area contributed by atoms with Crippen LogP contribution >= 0.6 is 0 Å². The average molecular weight is 302 g/mol. The lowest BCUT2D eigenvalue weighted by Crippen LogP contribution is -2.59. The molecule has 2 rings (SSSR count). The van der Waals surface area contributed by atoms with E-state index < -0.39 is 37.3 Å². The van der Waals surface area contributed by atoms with Gasteiger partial charge in [-0.1, -0.05) is 12.1 Å². The molecule has 7 heteroatoms. The molecule has 1 aliphatic rings. The van der Waals surface area contributed by atoms with Crippen molar-refractivity contribution in [3.8, 4) is 0 Å². The third-order valence-electron chi connectivity index (χ3n) is 3.43. The number of hydrogen-bond donors (Lipinski definition) is 4. The van der Waals surface area contributed by atoms with Gasteiger partial charge in [0.2, 0.25) is 0 Å². The molecule has 1 aromatic carbocycles. The smallest absolute Gasteiger partial charge is 0.186 e. The molecule has 5 atom stereocenters. The molecule has 21 heavy (non-hydrogen) atoms. The van der Waals surface area contributed by atoms with Crippen LogP contribution in [0, 0.1) is 5.82 Å². The van der Waals surface area contributed by atoms with Gasteiger partial charge in [-0.3, -0.25) is 0 Å². The summed E-state index contributed by atoms with van der Waals surface area (Å²) in [5, 5.41) is 38.0. The van der Waals surface area contributed by atoms with Crippen LogP contribution in [-0.2, 0) is 15.9 Å². The largest absolute Gasteiger partial charge is 0.394 e. The van der Waals surface area contributed by atoms with Crippen LogP contribution in [0.2, 0.25) is 0 Å². The Bertz CT molecular complexity index is 438. The average Bonchev–Trinajstić information content (AvgIpc) is 2.49. The first-order valence-electron chi connectivity index (χ1n) is 6.69. The van der Waals surface area contributed by atoms with Crippen molar-refractivity contribution in [1.82, 2.24) is 0 Å². The fraction of sp³-hybridized carbons (Fsp3) is 0.571. The highest BCUT2D eigenvalue weighted by Crippen LogP contribution is 2.22. The zero-order valence-electron chi connectivity index (χ0n) is 11.3. The van der Waals surface area contributed by atoms with Crippen molar-refractivity contribution in [2.24, 2.45) is 0 Å². The summed E-state index contributed by atoms with van der Waals surface area (Å²) in [6.45, 7) is -0.322. The van der Waals surface area contributed by atoms with Crippen molar-refractivity contribution in [2.45, 2.75) is 37.1 Å². The van der Waals surface area contributed by atoms with Gasteiger partial charge in [-0.2, -0.15) is 0 Å². The molecule has 0 aromatic heterocycles. The maximum Gasteiger partial charge on any atom is 0.186 e. The number of hydrogen-bond acceptors (Lipinski definition) is 6. The summed E-state index contributed by atoms with van der Waals surface area (Å²) in [4.78, 5) is 0. The van der Waals surface area contributed by atoms with E-state index in [1.165, 1.54) is 12.1 Å². The maximum atomic E-state index is 12.8. The molecule has 0 amide bonds. The van der Waals surface area contributed by atoms with E-state index in [1.807, 2.05) is 0 Å². The van der Waals surface area contributed by atoms with Crippen LogP contribution in [0.5, 0.6) is 0 Å². The molecule has 1 fully saturated rings. The van der Waals surface area contributed by atoms with E-state index >= 15 is 0 Å². The van der Waals surface area contributed by atoms with Crippen LogP contribution in [0.3, 0.4) is 0 Å². The molecule has 0 saturated carbocycles. The molecule has 1 aliphatic heterocycles. The van der Waals surface area contributed by atoms with Crippen LogP contribution in [0.1, 0.15) is 5.56 Å². The highest BCUT2D eigenvalue weighted by atomic mass is 19.1. The van der Waals surface area contributed by atoms with Crippen LogP contribution in [-0.4, -0.2) is 64.3 Å². The van der Waals surface area contributed by atoms with Crippen LogP contribution in [0.4, 0.5) is 4.39 Å². The van der Waals surface area contributed by atoms with Gasteiger partial charge < -0.3 is 29.9 Å². The molecular weight excluding hydrogens is 283 g/mol. The Balaban J connectivity index is 1.85. The predicted octanol–water partition coefficient (Wildman–Crippen LogP) is -0.815. The minimum absolute atomic E-state index is 0.175. The van der Waals surface area contributed by atoms with Gasteiger partial charge in [0.05, 0.1) is 13.2 Å². The summed E-state index contributed by atoms with van der Waals surface area (Å²) in [6, 6.07) is 5.91. The Morgan fingerprint density at radius 2 is 1.71 bits per heavy atom. The van der Waals surface area contributed by atoms with Crippen LogP contribution in [0.15, 0.2) is 24.3 Å². The first kappa shape index (κ1) is 16.3. The summed E-state index contributed by atoms with van der Waals surface area (Å²) in [5.74, 6) is -0.325. The topological polar surface area (TPSA) is 99.4 Å². The molecule has 0 radical (unpaired) electrons. The first-order chi connectivity index (χ1) is 10.0. The molecule has 1 saturated heterocycles. The normalized spacial score (nSPS) is 33.1. The van der Waals surface area contributed by atoms with E-state index in [4.69, 9.17) is 14.6 Å². The molecule has 0 bridgehead atoms. The molecule has 1 aromatic rings. The second-order valence-corrected chi connectivity index (χ2v) is 4.94. The summed E-state index contributed by atoms with van der Waals surface area (Å²) < 4.78 is 23.3. The van der Waals surface area contributed by atoms with E-state index in [0.717, 1.165) is 5.56 Å². The Hall–Kier alpha value is -1.09. The molecule has 0 spiro atoms. The SMILES string of the molecule is OC[C@H]1O[C@@H](OCCc2ccc(F)cc2)[C@H](O)[C@@H](O)[C@@H]1O. The zero-order valence-corrected chi connectivity index (χ0v) is 11.3. The maximum absolute atomic E-state index is 12.8. The van der Waals surface area contributed by atoms with Gasteiger partial charge in [0.1, 0.15) is 30.2 Å². The third-order valence-corrected chi connectivity index (χ3v) is 3.43. The Morgan fingerprint density at radius 3 is 2.33 bits per heavy atom. The summed E-state index contributed by atoms with van der Waals surface area (Å²) in [5.41, 5.74) is 0.848. The van der Waals surface area contributed by atoms with Gasteiger partial charge in [-0.05, 0) is 24.1 Å². The lowest BCUT2D eigenvalue weighted by molar-refractivity contribution is -0.300. The fourth-order valence-electron chi connectivity index (χ4n) is 2.15. The molecule has 0 aliphatic carbocycles. The quantitative estimate of drug-likeness (QED) is 0.567. The number of halogens is 1. The Kier molecular flexibility index (Phi) is 5.63. The zero-order chi connectivity index (χ0) is 15.4.